The molecular weight excluding hydrogens is 370 g/mol. The Morgan fingerprint density at radius 2 is 1.62 bits per heavy atom. The van der Waals surface area contributed by atoms with Crippen molar-refractivity contribution in [1.82, 2.24) is 4.90 Å². The fraction of sp³-hybridized carbons (Fsp3) is 0.391. The van der Waals surface area contributed by atoms with E-state index < -0.39 is 11.6 Å². The second kappa shape index (κ2) is 9.96. The first kappa shape index (κ1) is 22.3. The largest absolute Gasteiger partial charge is 0.486 e. The second-order valence-electron chi connectivity index (χ2n) is 7.72. The molecule has 29 heavy (non-hydrogen) atoms. The highest BCUT2D eigenvalue weighted by molar-refractivity contribution is 5.89. The topological polar surface area (TPSA) is 65.1 Å². The molecule has 1 amide bonds. The average molecular weight is 399 g/mol. The van der Waals surface area contributed by atoms with Crippen LogP contribution < -0.4 is 4.74 Å². The van der Waals surface area contributed by atoms with E-state index in [1.54, 1.807) is 36.2 Å². The molecule has 0 bridgehead atoms. The number of hydrogen-bond acceptors (Lipinski definition) is 5. The minimum Gasteiger partial charge on any atom is -0.486 e. The third kappa shape index (κ3) is 7.14. The molecule has 156 valence electrons. The molecule has 2 rings (SSSR count). The zero-order valence-corrected chi connectivity index (χ0v) is 17.7. The Labute approximate surface area is 172 Å². The first-order valence-electron chi connectivity index (χ1n) is 9.53. The molecule has 2 aromatic rings. The molecule has 0 radical (unpaired) electrons. The molecule has 6 heteroatoms. The number of nitrogens with zero attached hydrogens (tertiary/aromatic N) is 1. The van der Waals surface area contributed by atoms with Gasteiger partial charge in [0.25, 0.3) is 0 Å². The summed E-state index contributed by atoms with van der Waals surface area (Å²) in [5.74, 6) is 0.238. The fourth-order valence-corrected chi connectivity index (χ4v) is 2.66. The minimum atomic E-state index is -0.540. The van der Waals surface area contributed by atoms with Gasteiger partial charge in [0.1, 0.15) is 17.5 Å². The maximum absolute atomic E-state index is 12.2. The smallest absolute Gasteiger partial charge is 0.410 e. The van der Waals surface area contributed by atoms with Gasteiger partial charge >= 0.3 is 12.1 Å². The third-order valence-electron chi connectivity index (χ3n) is 4.16. The average Bonchev–Trinajstić information content (AvgIpc) is 2.70. The van der Waals surface area contributed by atoms with E-state index >= 15 is 0 Å². The molecule has 2 aromatic carbocycles. The molecule has 6 nitrogen and oxygen atoms in total. The van der Waals surface area contributed by atoms with Crippen LogP contribution in [-0.2, 0) is 9.47 Å². The minimum absolute atomic E-state index is 0.259. The molecule has 0 saturated heterocycles. The van der Waals surface area contributed by atoms with Crippen LogP contribution in [0.25, 0.3) is 0 Å². The zero-order chi connectivity index (χ0) is 21.4. The van der Waals surface area contributed by atoms with Crippen LogP contribution in [-0.4, -0.2) is 43.3 Å². The van der Waals surface area contributed by atoms with Crippen LogP contribution in [0.1, 0.15) is 49.2 Å². The van der Waals surface area contributed by atoms with Crippen molar-refractivity contribution in [2.45, 2.75) is 38.9 Å². The fourth-order valence-electron chi connectivity index (χ4n) is 2.66. The molecule has 1 unspecified atom stereocenters. The Hall–Kier alpha value is -3.02. The number of rotatable bonds is 7. The van der Waals surface area contributed by atoms with Crippen molar-refractivity contribution in [2.24, 2.45) is 0 Å². The van der Waals surface area contributed by atoms with E-state index in [-0.39, 0.29) is 12.2 Å². The van der Waals surface area contributed by atoms with Crippen LogP contribution in [0.15, 0.2) is 54.6 Å². The summed E-state index contributed by atoms with van der Waals surface area (Å²) in [6, 6.07) is 16.6. The van der Waals surface area contributed by atoms with Crippen molar-refractivity contribution in [3.05, 3.63) is 65.7 Å². The van der Waals surface area contributed by atoms with Gasteiger partial charge in [-0.2, -0.15) is 0 Å². The zero-order valence-electron chi connectivity index (χ0n) is 17.7. The lowest BCUT2D eigenvalue weighted by Gasteiger charge is -2.26. The van der Waals surface area contributed by atoms with Crippen LogP contribution >= 0.6 is 0 Å². The van der Waals surface area contributed by atoms with Crippen LogP contribution in [0.2, 0.25) is 0 Å². The lowest BCUT2D eigenvalue weighted by atomic mass is 10.1. The van der Waals surface area contributed by atoms with Crippen molar-refractivity contribution in [1.29, 1.82) is 0 Å². The van der Waals surface area contributed by atoms with E-state index in [1.807, 2.05) is 51.1 Å². The van der Waals surface area contributed by atoms with E-state index in [4.69, 9.17) is 14.2 Å². The number of ether oxygens (including phenoxy) is 3. The normalized spacial score (nSPS) is 12.0. The highest BCUT2D eigenvalue weighted by atomic mass is 16.6. The summed E-state index contributed by atoms with van der Waals surface area (Å²) in [6.45, 7) is 5.99. The summed E-state index contributed by atoms with van der Waals surface area (Å²) in [5, 5.41) is 0. The molecular formula is C23H29NO5. The maximum atomic E-state index is 12.2. The predicted octanol–water partition coefficient (Wildman–Crippen LogP) is 4.85. The molecule has 1 atom stereocenters. The Morgan fingerprint density at radius 1 is 1.00 bits per heavy atom. The monoisotopic (exact) mass is 399 g/mol. The number of methoxy groups -OCH3 is 1. The van der Waals surface area contributed by atoms with Gasteiger partial charge in [-0.05, 0) is 50.6 Å². The molecule has 0 fully saturated rings. The lowest BCUT2D eigenvalue weighted by molar-refractivity contribution is 0.0278. The quantitative estimate of drug-likeness (QED) is 0.623. The maximum Gasteiger partial charge on any atom is 0.410 e. The Morgan fingerprint density at radius 3 is 2.17 bits per heavy atom. The van der Waals surface area contributed by atoms with Crippen LogP contribution in [0.3, 0.4) is 0 Å². The van der Waals surface area contributed by atoms with E-state index in [2.05, 4.69) is 0 Å². The predicted molar refractivity (Wildman–Crippen MR) is 111 cm³/mol. The van der Waals surface area contributed by atoms with Gasteiger partial charge < -0.3 is 19.1 Å². The van der Waals surface area contributed by atoms with Gasteiger partial charge in [0.15, 0.2) is 0 Å². The number of benzene rings is 2. The van der Waals surface area contributed by atoms with Gasteiger partial charge in [-0.15, -0.1) is 0 Å². The van der Waals surface area contributed by atoms with E-state index in [0.717, 1.165) is 5.56 Å². The van der Waals surface area contributed by atoms with Gasteiger partial charge in [0, 0.05) is 20.0 Å². The summed E-state index contributed by atoms with van der Waals surface area (Å²) in [5.41, 5.74) is 0.921. The number of carbonyl (C=O) groups is 2. The Bertz CT molecular complexity index is 796. The Kier molecular flexibility index (Phi) is 7.65. The van der Waals surface area contributed by atoms with Gasteiger partial charge in [-0.25, -0.2) is 9.59 Å². The molecule has 0 saturated carbocycles. The summed E-state index contributed by atoms with van der Waals surface area (Å²) in [6.07, 6.45) is -0.0461. The summed E-state index contributed by atoms with van der Waals surface area (Å²) in [4.78, 5) is 25.4. The second-order valence-corrected chi connectivity index (χ2v) is 7.72. The van der Waals surface area contributed by atoms with Crippen molar-refractivity contribution in [2.75, 3.05) is 20.7 Å². The number of amides is 1. The number of hydrogen-bond donors (Lipinski definition) is 0. The first-order valence-corrected chi connectivity index (χ1v) is 9.53. The molecule has 0 aliphatic heterocycles. The molecule has 0 aliphatic carbocycles. The number of esters is 1. The van der Waals surface area contributed by atoms with Crippen molar-refractivity contribution < 1.29 is 23.8 Å². The highest BCUT2D eigenvalue weighted by Gasteiger charge is 2.21. The van der Waals surface area contributed by atoms with Crippen LogP contribution in [0, 0.1) is 0 Å². The molecule has 0 aromatic heterocycles. The van der Waals surface area contributed by atoms with E-state index in [0.29, 0.717) is 24.3 Å². The SMILES string of the molecule is COC(=O)c1ccc(OC(CCN(C)C(=O)OC(C)(C)C)c2ccccc2)cc1. The lowest BCUT2D eigenvalue weighted by Crippen LogP contribution is -2.35. The van der Waals surface area contributed by atoms with Crippen LogP contribution in [0.4, 0.5) is 4.79 Å². The van der Waals surface area contributed by atoms with Gasteiger partial charge in [-0.3, -0.25) is 0 Å². The number of carbonyl (C=O) groups excluding carboxylic acids is 2. The van der Waals surface area contributed by atoms with Gasteiger partial charge in [0.05, 0.1) is 12.7 Å². The highest BCUT2D eigenvalue weighted by Crippen LogP contribution is 2.26. The van der Waals surface area contributed by atoms with E-state index in [1.165, 1.54) is 7.11 Å². The van der Waals surface area contributed by atoms with Crippen molar-refractivity contribution in [3.63, 3.8) is 0 Å². The summed E-state index contributed by atoms with van der Waals surface area (Å²) < 4.78 is 16.3. The van der Waals surface area contributed by atoms with E-state index in [9.17, 15) is 9.59 Å². The van der Waals surface area contributed by atoms with Gasteiger partial charge in [0.2, 0.25) is 0 Å². The Balaban J connectivity index is 2.08. The van der Waals surface area contributed by atoms with Gasteiger partial charge in [-0.1, -0.05) is 30.3 Å². The molecule has 0 aliphatic rings. The third-order valence-corrected chi connectivity index (χ3v) is 4.16. The first-order chi connectivity index (χ1) is 13.7. The van der Waals surface area contributed by atoms with Crippen LogP contribution in [0.5, 0.6) is 5.75 Å². The molecule has 0 spiro atoms. The molecule has 0 heterocycles. The molecule has 0 N–H and O–H groups in total. The standard InChI is InChI=1S/C23H29NO5/c1-23(2,3)29-22(26)24(4)16-15-20(17-9-7-6-8-10-17)28-19-13-11-18(12-14-19)21(25)27-5/h6-14,20H,15-16H2,1-5H3. The summed E-state index contributed by atoms with van der Waals surface area (Å²) >= 11 is 0. The summed E-state index contributed by atoms with van der Waals surface area (Å²) in [7, 11) is 3.06. The van der Waals surface area contributed by atoms with Crippen molar-refractivity contribution >= 4 is 12.1 Å². The van der Waals surface area contributed by atoms with Crippen molar-refractivity contribution in [3.8, 4) is 5.75 Å².